The van der Waals surface area contributed by atoms with Gasteiger partial charge in [-0.2, -0.15) is 0 Å². The van der Waals surface area contributed by atoms with Gasteiger partial charge in [0.1, 0.15) is 0 Å². The number of alkyl halides is 1. The second kappa shape index (κ2) is 6.34. The summed E-state index contributed by atoms with van der Waals surface area (Å²) in [6.45, 7) is 0.812. The van der Waals surface area contributed by atoms with E-state index in [4.69, 9.17) is 0 Å². The van der Waals surface area contributed by atoms with Crippen molar-refractivity contribution in [1.29, 1.82) is 0 Å². The van der Waals surface area contributed by atoms with Crippen LogP contribution in [0.1, 0.15) is 36.0 Å². The van der Waals surface area contributed by atoms with Crippen LogP contribution < -0.4 is 5.32 Å². The molecule has 0 aliphatic heterocycles. The van der Waals surface area contributed by atoms with Crippen molar-refractivity contribution in [2.24, 2.45) is 5.92 Å². The molecule has 1 saturated carbocycles. The van der Waals surface area contributed by atoms with Gasteiger partial charge < -0.3 is 5.32 Å². The highest BCUT2D eigenvalue weighted by Gasteiger charge is 2.19. The standard InChI is InChI=1S/C12H15Br2NOS/c13-10-3-1-8(2-4-10)6-15-12(16)9-5-11(14)17-7-9/h5,7-8,10H,1-4,6H2,(H,15,16). The summed E-state index contributed by atoms with van der Waals surface area (Å²) in [5, 5.41) is 4.91. The third kappa shape index (κ3) is 4.07. The molecule has 0 bridgehead atoms. The number of nitrogens with one attached hydrogen (secondary N) is 1. The number of carbonyl (C=O) groups excluding carboxylic acids is 1. The number of hydrogen-bond acceptors (Lipinski definition) is 2. The largest absolute Gasteiger partial charge is 0.352 e. The topological polar surface area (TPSA) is 29.1 Å². The summed E-state index contributed by atoms with van der Waals surface area (Å²) in [4.78, 5) is 12.5. The van der Waals surface area contributed by atoms with Gasteiger partial charge in [-0.3, -0.25) is 4.79 Å². The number of halogens is 2. The van der Waals surface area contributed by atoms with Crippen LogP contribution in [-0.4, -0.2) is 17.3 Å². The van der Waals surface area contributed by atoms with Gasteiger partial charge in [0.2, 0.25) is 0 Å². The summed E-state index contributed by atoms with van der Waals surface area (Å²) in [5.74, 6) is 0.697. The molecule has 0 unspecified atom stereocenters. The monoisotopic (exact) mass is 379 g/mol. The Kier molecular flexibility index (Phi) is 5.06. The average molecular weight is 381 g/mol. The van der Waals surface area contributed by atoms with Crippen LogP contribution in [0.2, 0.25) is 0 Å². The molecule has 1 aliphatic rings. The van der Waals surface area contributed by atoms with Crippen molar-refractivity contribution < 1.29 is 4.79 Å². The Labute approximate surface area is 122 Å². The second-order valence-corrected chi connectivity index (χ2v) is 8.05. The van der Waals surface area contributed by atoms with Gasteiger partial charge in [-0.1, -0.05) is 15.9 Å². The van der Waals surface area contributed by atoms with E-state index in [-0.39, 0.29) is 5.91 Å². The second-order valence-electron chi connectivity index (χ2n) is 4.47. The van der Waals surface area contributed by atoms with E-state index >= 15 is 0 Å². The first-order valence-electron chi connectivity index (χ1n) is 5.81. The van der Waals surface area contributed by atoms with E-state index in [9.17, 15) is 4.79 Å². The Balaban J connectivity index is 1.76. The maximum Gasteiger partial charge on any atom is 0.252 e. The molecular formula is C12H15Br2NOS. The molecule has 1 heterocycles. The highest BCUT2D eigenvalue weighted by Crippen LogP contribution is 2.28. The van der Waals surface area contributed by atoms with Crippen molar-refractivity contribution in [3.63, 3.8) is 0 Å². The van der Waals surface area contributed by atoms with Crippen LogP contribution in [0.25, 0.3) is 0 Å². The molecule has 1 fully saturated rings. The molecule has 1 aliphatic carbocycles. The van der Waals surface area contributed by atoms with Gasteiger partial charge in [-0.25, -0.2) is 0 Å². The SMILES string of the molecule is O=C(NCC1CCC(Br)CC1)c1csc(Br)c1. The summed E-state index contributed by atoms with van der Waals surface area (Å²) in [6, 6.07) is 1.87. The van der Waals surface area contributed by atoms with E-state index < -0.39 is 0 Å². The summed E-state index contributed by atoms with van der Waals surface area (Å²) in [5.41, 5.74) is 0.760. The lowest BCUT2D eigenvalue weighted by Gasteiger charge is -2.25. The zero-order valence-corrected chi connectivity index (χ0v) is 13.4. The van der Waals surface area contributed by atoms with Crippen molar-refractivity contribution in [1.82, 2.24) is 5.32 Å². The van der Waals surface area contributed by atoms with Gasteiger partial charge in [0.15, 0.2) is 0 Å². The number of amides is 1. The van der Waals surface area contributed by atoms with Gasteiger partial charge in [0.05, 0.1) is 9.35 Å². The Morgan fingerprint density at radius 1 is 1.41 bits per heavy atom. The molecule has 2 nitrogen and oxygen atoms in total. The smallest absolute Gasteiger partial charge is 0.252 e. The lowest BCUT2D eigenvalue weighted by atomic mass is 9.89. The minimum atomic E-state index is 0.0490. The van der Waals surface area contributed by atoms with E-state index in [1.165, 1.54) is 25.7 Å². The number of hydrogen-bond donors (Lipinski definition) is 1. The van der Waals surface area contributed by atoms with E-state index in [1.807, 2.05) is 11.4 Å². The summed E-state index contributed by atoms with van der Waals surface area (Å²) >= 11 is 8.56. The van der Waals surface area contributed by atoms with Crippen LogP contribution in [0.3, 0.4) is 0 Å². The minimum absolute atomic E-state index is 0.0490. The first kappa shape index (κ1) is 13.6. The maximum absolute atomic E-state index is 11.8. The van der Waals surface area contributed by atoms with Crippen LogP contribution in [0.4, 0.5) is 0 Å². The number of carbonyl (C=O) groups is 1. The van der Waals surface area contributed by atoms with Crippen molar-refractivity contribution in [3.05, 3.63) is 20.8 Å². The molecule has 94 valence electrons. The predicted octanol–water partition coefficient (Wildman–Crippen LogP) is 4.19. The molecule has 1 N–H and O–H groups in total. The predicted molar refractivity (Wildman–Crippen MR) is 79.0 cm³/mol. The Morgan fingerprint density at radius 3 is 2.71 bits per heavy atom. The van der Waals surface area contributed by atoms with E-state index in [2.05, 4.69) is 37.2 Å². The highest BCUT2D eigenvalue weighted by atomic mass is 79.9. The van der Waals surface area contributed by atoms with Crippen LogP contribution in [-0.2, 0) is 0 Å². The Morgan fingerprint density at radius 2 is 2.12 bits per heavy atom. The third-order valence-corrected chi connectivity index (χ3v) is 5.58. The molecule has 1 amide bonds. The van der Waals surface area contributed by atoms with Crippen molar-refractivity contribution in [3.8, 4) is 0 Å². The molecular weight excluding hydrogens is 366 g/mol. The van der Waals surface area contributed by atoms with Gasteiger partial charge >= 0.3 is 0 Å². The van der Waals surface area contributed by atoms with Crippen LogP contribution in [0.5, 0.6) is 0 Å². The molecule has 17 heavy (non-hydrogen) atoms. The molecule has 1 aromatic rings. The zero-order chi connectivity index (χ0) is 12.3. The molecule has 0 saturated heterocycles. The molecule has 1 aromatic heterocycles. The molecule has 0 radical (unpaired) electrons. The lowest BCUT2D eigenvalue weighted by Crippen LogP contribution is -2.31. The fourth-order valence-electron chi connectivity index (χ4n) is 2.09. The molecule has 0 spiro atoms. The minimum Gasteiger partial charge on any atom is -0.352 e. The van der Waals surface area contributed by atoms with Crippen LogP contribution in [0.15, 0.2) is 15.2 Å². The van der Waals surface area contributed by atoms with E-state index in [0.717, 1.165) is 15.9 Å². The Hall–Kier alpha value is 0.130. The molecule has 5 heteroatoms. The van der Waals surface area contributed by atoms with Crippen LogP contribution in [0, 0.1) is 5.92 Å². The van der Waals surface area contributed by atoms with Gasteiger partial charge in [-0.05, 0) is 53.6 Å². The first-order chi connectivity index (χ1) is 8.15. The first-order valence-corrected chi connectivity index (χ1v) is 8.40. The van der Waals surface area contributed by atoms with E-state index in [0.29, 0.717) is 10.7 Å². The highest BCUT2D eigenvalue weighted by molar-refractivity contribution is 9.11. The quantitative estimate of drug-likeness (QED) is 0.782. The molecule has 0 atom stereocenters. The summed E-state index contributed by atoms with van der Waals surface area (Å²) < 4.78 is 1.00. The average Bonchev–Trinajstić information content (AvgIpc) is 2.75. The van der Waals surface area contributed by atoms with Crippen molar-refractivity contribution in [2.75, 3.05) is 6.54 Å². The van der Waals surface area contributed by atoms with Crippen LogP contribution >= 0.6 is 43.2 Å². The lowest BCUT2D eigenvalue weighted by molar-refractivity contribution is 0.0944. The number of rotatable bonds is 3. The third-order valence-electron chi connectivity index (χ3n) is 3.16. The van der Waals surface area contributed by atoms with E-state index in [1.54, 1.807) is 11.3 Å². The maximum atomic E-state index is 11.8. The molecule has 0 aromatic carbocycles. The normalized spacial score (nSPS) is 24.6. The zero-order valence-electron chi connectivity index (χ0n) is 9.42. The molecule has 2 rings (SSSR count). The Bertz CT molecular complexity index is 386. The van der Waals surface area contributed by atoms with Crippen molar-refractivity contribution in [2.45, 2.75) is 30.5 Å². The fraction of sp³-hybridized carbons (Fsp3) is 0.583. The van der Waals surface area contributed by atoms with Gasteiger partial charge in [0, 0.05) is 16.8 Å². The van der Waals surface area contributed by atoms with Gasteiger partial charge in [0.25, 0.3) is 5.91 Å². The number of thiophene rings is 1. The fourth-order valence-corrected chi connectivity index (χ4v) is 3.76. The van der Waals surface area contributed by atoms with Gasteiger partial charge in [-0.15, -0.1) is 11.3 Å². The van der Waals surface area contributed by atoms with Crippen molar-refractivity contribution >= 4 is 49.1 Å². The summed E-state index contributed by atoms with van der Waals surface area (Å²) in [7, 11) is 0. The summed E-state index contributed by atoms with van der Waals surface area (Å²) in [6.07, 6.45) is 4.88.